The zero-order valence-corrected chi connectivity index (χ0v) is 15.3. The predicted molar refractivity (Wildman–Crippen MR) is 103 cm³/mol. The Morgan fingerprint density at radius 3 is 2.31 bits per heavy atom. The van der Waals surface area contributed by atoms with Crippen LogP contribution in [0.2, 0.25) is 0 Å². The molecule has 2 aromatic rings. The number of nitrogens with zero attached hydrogens (tertiary/aromatic N) is 2. The average molecular weight is 350 g/mol. The van der Waals surface area contributed by atoms with Gasteiger partial charge in [-0.25, -0.2) is 0 Å². The van der Waals surface area contributed by atoms with Gasteiger partial charge in [0.25, 0.3) is 0 Å². The van der Waals surface area contributed by atoms with Crippen molar-refractivity contribution >= 4 is 11.8 Å². The molecule has 0 unspecified atom stereocenters. The normalized spacial score (nSPS) is 16.7. The first-order valence-electron chi connectivity index (χ1n) is 9.21. The second kappa shape index (κ2) is 8.65. The zero-order valence-electron chi connectivity index (χ0n) is 15.3. The van der Waals surface area contributed by atoms with Gasteiger partial charge in [0.1, 0.15) is 0 Å². The van der Waals surface area contributed by atoms with Crippen molar-refractivity contribution in [3.8, 4) is 0 Å². The lowest BCUT2D eigenvalue weighted by molar-refractivity contribution is -0.137. The monoisotopic (exact) mass is 350 g/mol. The molecule has 0 saturated carbocycles. The first kappa shape index (κ1) is 18.2. The second-order valence-corrected chi connectivity index (χ2v) is 7.09. The minimum absolute atomic E-state index is 0.00893. The number of likely N-dealkylation sites (tertiary alicyclic amines) is 1. The highest BCUT2D eigenvalue weighted by atomic mass is 16.2. The van der Waals surface area contributed by atoms with Gasteiger partial charge < -0.3 is 9.80 Å². The Balaban J connectivity index is 1.47. The fraction of sp³-hybridized carbons (Fsp3) is 0.364. The van der Waals surface area contributed by atoms with Crippen LogP contribution in [0.4, 0.5) is 0 Å². The van der Waals surface area contributed by atoms with Crippen molar-refractivity contribution in [2.75, 3.05) is 26.7 Å². The highest BCUT2D eigenvalue weighted by Gasteiger charge is 2.31. The van der Waals surface area contributed by atoms with Gasteiger partial charge in [0.2, 0.25) is 11.8 Å². The van der Waals surface area contributed by atoms with Gasteiger partial charge in [-0.1, -0.05) is 60.7 Å². The van der Waals surface area contributed by atoms with Crippen LogP contribution in [-0.2, 0) is 22.4 Å². The number of carbonyl (C=O) groups excluding carboxylic acids is 2. The van der Waals surface area contributed by atoms with Gasteiger partial charge >= 0.3 is 0 Å². The molecule has 1 aliphatic rings. The van der Waals surface area contributed by atoms with Gasteiger partial charge in [-0.05, 0) is 29.9 Å². The number of amides is 2. The van der Waals surface area contributed by atoms with E-state index in [1.165, 1.54) is 11.1 Å². The average Bonchev–Trinajstić information content (AvgIpc) is 3.00. The SMILES string of the molecule is CN(CCc1ccccc1)C(=O)CN1C[C@H](Cc2ccccc2)CC1=O. The highest BCUT2D eigenvalue weighted by Crippen LogP contribution is 2.22. The maximum Gasteiger partial charge on any atom is 0.241 e. The molecule has 2 amide bonds. The lowest BCUT2D eigenvalue weighted by atomic mass is 9.99. The number of carbonyl (C=O) groups is 2. The summed E-state index contributed by atoms with van der Waals surface area (Å²) in [6.45, 7) is 1.53. The smallest absolute Gasteiger partial charge is 0.241 e. The van der Waals surface area contributed by atoms with Crippen molar-refractivity contribution in [3.05, 3.63) is 71.8 Å². The number of benzene rings is 2. The minimum Gasteiger partial charge on any atom is -0.344 e. The van der Waals surface area contributed by atoms with Crippen LogP contribution in [0.25, 0.3) is 0 Å². The molecule has 0 bridgehead atoms. The minimum atomic E-state index is 0.00893. The van der Waals surface area contributed by atoms with Crippen molar-refractivity contribution in [2.45, 2.75) is 19.3 Å². The van der Waals surface area contributed by atoms with Crippen molar-refractivity contribution < 1.29 is 9.59 Å². The van der Waals surface area contributed by atoms with Gasteiger partial charge in [-0.15, -0.1) is 0 Å². The lowest BCUT2D eigenvalue weighted by Gasteiger charge is -2.22. The summed E-state index contributed by atoms with van der Waals surface area (Å²) in [7, 11) is 1.81. The summed E-state index contributed by atoms with van der Waals surface area (Å²) in [4.78, 5) is 28.2. The second-order valence-electron chi connectivity index (χ2n) is 7.09. The van der Waals surface area contributed by atoms with Crippen molar-refractivity contribution in [3.63, 3.8) is 0 Å². The molecule has 4 heteroatoms. The molecule has 136 valence electrons. The summed E-state index contributed by atoms with van der Waals surface area (Å²) in [6, 6.07) is 20.4. The molecular weight excluding hydrogens is 324 g/mol. The van der Waals surface area contributed by atoms with Crippen LogP contribution in [0.3, 0.4) is 0 Å². The molecule has 1 heterocycles. The van der Waals surface area contributed by atoms with Crippen molar-refractivity contribution in [2.24, 2.45) is 5.92 Å². The summed E-state index contributed by atoms with van der Waals surface area (Å²) in [5.74, 6) is 0.401. The van der Waals surface area contributed by atoms with Gasteiger partial charge in [0.15, 0.2) is 0 Å². The number of hydrogen-bond acceptors (Lipinski definition) is 2. The molecule has 1 aliphatic heterocycles. The first-order chi connectivity index (χ1) is 12.6. The Morgan fingerprint density at radius 1 is 1.04 bits per heavy atom. The lowest BCUT2D eigenvalue weighted by Crippen LogP contribution is -2.40. The van der Waals surface area contributed by atoms with E-state index < -0.39 is 0 Å². The van der Waals surface area contributed by atoms with Crippen molar-refractivity contribution in [1.29, 1.82) is 0 Å². The van der Waals surface area contributed by atoms with Gasteiger partial charge in [-0.2, -0.15) is 0 Å². The molecule has 2 aromatic carbocycles. The molecule has 1 fully saturated rings. The molecule has 0 radical (unpaired) electrons. The Morgan fingerprint density at radius 2 is 1.65 bits per heavy atom. The fourth-order valence-electron chi connectivity index (χ4n) is 3.44. The summed E-state index contributed by atoms with van der Waals surface area (Å²) in [5, 5.41) is 0. The quantitative estimate of drug-likeness (QED) is 0.770. The van der Waals surface area contributed by atoms with Crippen LogP contribution in [-0.4, -0.2) is 48.3 Å². The number of rotatable bonds is 7. The predicted octanol–water partition coefficient (Wildman–Crippen LogP) is 2.78. The van der Waals surface area contributed by atoms with Crippen LogP contribution in [0, 0.1) is 5.92 Å². The summed E-state index contributed by atoms with van der Waals surface area (Å²) in [6.07, 6.45) is 2.25. The van der Waals surface area contributed by atoms with E-state index in [0.717, 1.165) is 12.8 Å². The maximum absolute atomic E-state index is 12.5. The third-order valence-corrected chi connectivity index (χ3v) is 4.99. The van der Waals surface area contributed by atoms with Crippen LogP contribution in [0.5, 0.6) is 0 Å². The molecule has 4 nitrogen and oxygen atoms in total. The standard InChI is InChI=1S/C22H26N2O2/c1-23(13-12-18-8-4-2-5-9-18)22(26)17-24-16-20(15-21(24)25)14-19-10-6-3-7-11-19/h2-11,20H,12-17H2,1H3/t20-/m1/s1. The summed E-state index contributed by atoms with van der Waals surface area (Å²) < 4.78 is 0. The van der Waals surface area contributed by atoms with Gasteiger partial charge in [-0.3, -0.25) is 9.59 Å². The van der Waals surface area contributed by atoms with Crippen LogP contribution < -0.4 is 0 Å². The summed E-state index contributed by atoms with van der Waals surface area (Å²) >= 11 is 0. The summed E-state index contributed by atoms with van der Waals surface area (Å²) in [5.41, 5.74) is 2.46. The van der Waals surface area contributed by atoms with Crippen LogP contribution >= 0.6 is 0 Å². The highest BCUT2D eigenvalue weighted by molar-refractivity contribution is 5.86. The number of likely N-dealkylation sites (N-methyl/N-ethyl adjacent to an activating group) is 1. The Hall–Kier alpha value is -2.62. The molecule has 0 spiro atoms. The molecular formula is C22H26N2O2. The van der Waals surface area contributed by atoms with E-state index in [-0.39, 0.29) is 18.4 Å². The van der Waals surface area contributed by atoms with Gasteiger partial charge in [0.05, 0.1) is 6.54 Å². The fourth-order valence-corrected chi connectivity index (χ4v) is 3.44. The number of hydrogen-bond donors (Lipinski definition) is 0. The Bertz CT molecular complexity index is 730. The van der Waals surface area contributed by atoms with E-state index in [1.54, 1.807) is 9.80 Å². The van der Waals surface area contributed by atoms with Crippen molar-refractivity contribution in [1.82, 2.24) is 9.80 Å². The Kier molecular flexibility index (Phi) is 6.05. The van der Waals surface area contributed by atoms with Gasteiger partial charge in [0, 0.05) is 26.6 Å². The third kappa shape index (κ3) is 4.94. The maximum atomic E-state index is 12.5. The zero-order chi connectivity index (χ0) is 18.4. The van der Waals surface area contributed by atoms with E-state index in [1.807, 2.05) is 43.4 Å². The third-order valence-electron chi connectivity index (χ3n) is 4.99. The molecule has 26 heavy (non-hydrogen) atoms. The first-order valence-corrected chi connectivity index (χ1v) is 9.21. The van der Waals surface area contributed by atoms with E-state index in [9.17, 15) is 9.59 Å². The van der Waals surface area contributed by atoms with Crippen LogP contribution in [0.1, 0.15) is 17.5 Å². The van der Waals surface area contributed by atoms with Crippen LogP contribution in [0.15, 0.2) is 60.7 Å². The molecule has 0 N–H and O–H groups in total. The van der Waals surface area contributed by atoms with E-state index in [2.05, 4.69) is 24.3 Å². The van der Waals surface area contributed by atoms with E-state index >= 15 is 0 Å². The molecule has 1 saturated heterocycles. The van der Waals surface area contributed by atoms with E-state index in [0.29, 0.717) is 25.4 Å². The Labute approximate surface area is 155 Å². The largest absolute Gasteiger partial charge is 0.344 e. The molecule has 0 aromatic heterocycles. The molecule has 3 rings (SSSR count). The van der Waals surface area contributed by atoms with E-state index in [4.69, 9.17) is 0 Å². The molecule has 1 atom stereocenters. The topological polar surface area (TPSA) is 40.6 Å². The molecule has 0 aliphatic carbocycles.